The standard InChI is InChI=1S/C17H24N2O/c20-17(18-10-9-13-5-1-2-6-13)16-11-14-7-3-4-8-15(14)12-19-16/h3-4,7-8,13,16,19H,1-2,5-6,9-12H2,(H,18,20)/t16-/m0/s1. The molecule has 108 valence electrons. The molecule has 20 heavy (non-hydrogen) atoms. The Labute approximate surface area is 121 Å². The van der Waals surface area contributed by atoms with Gasteiger partial charge < -0.3 is 10.6 Å². The van der Waals surface area contributed by atoms with E-state index in [0.717, 1.165) is 31.8 Å². The van der Waals surface area contributed by atoms with Crippen LogP contribution >= 0.6 is 0 Å². The van der Waals surface area contributed by atoms with E-state index in [9.17, 15) is 4.79 Å². The first-order valence-corrected chi connectivity index (χ1v) is 7.91. The van der Waals surface area contributed by atoms with Crippen molar-refractivity contribution < 1.29 is 4.79 Å². The molecule has 3 rings (SSSR count). The minimum absolute atomic E-state index is 0.0616. The van der Waals surface area contributed by atoms with Crippen LogP contribution in [0.15, 0.2) is 24.3 Å². The van der Waals surface area contributed by atoms with Crippen molar-refractivity contribution in [2.45, 2.75) is 51.1 Å². The second kappa shape index (κ2) is 6.40. The summed E-state index contributed by atoms with van der Waals surface area (Å²) >= 11 is 0. The fraction of sp³-hybridized carbons (Fsp3) is 0.588. The van der Waals surface area contributed by atoms with Crippen LogP contribution in [0.1, 0.15) is 43.2 Å². The molecule has 2 aliphatic rings. The highest BCUT2D eigenvalue weighted by atomic mass is 16.2. The monoisotopic (exact) mass is 272 g/mol. The summed E-state index contributed by atoms with van der Waals surface area (Å²) in [5.74, 6) is 1.01. The summed E-state index contributed by atoms with van der Waals surface area (Å²) < 4.78 is 0. The molecule has 1 atom stereocenters. The molecule has 0 saturated heterocycles. The molecular weight excluding hydrogens is 248 g/mol. The van der Waals surface area contributed by atoms with Crippen molar-refractivity contribution in [1.82, 2.24) is 10.6 Å². The summed E-state index contributed by atoms with van der Waals surface area (Å²) in [5.41, 5.74) is 2.63. The van der Waals surface area contributed by atoms with Gasteiger partial charge in [-0.1, -0.05) is 49.9 Å². The van der Waals surface area contributed by atoms with E-state index in [1.807, 2.05) is 0 Å². The molecule has 0 bridgehead atoms. The van der Waals surface area contributed by atoms with E-state index < -0.39 is 0 Å². The van der Waals surface area contributed by atoms with E-state index in [4.69, 9.17) is 0 Å². The highest BCUT2D eigenvalue weighted by Crippen LogP contribution is 2.26. The van der Waals surface area contributed by atoms with Crippen molar-refractivity contribution in [3.8, 4) is 0 Å². The van der Waals surface area contributed by atoms with E-state index in [1.54, 1.807) is 0 Å². The predicted molar refractivity (Wildman–Crippen MR) is 80.4 cm³/mol. The molecule has 3 heteroatoms. The fourth-order valence-corrected chi connectivity index (χ4v) is 3.46. The lowest BCUT2D eigenvalue weighted by molar-refractivity contribution is -0.123. The number of hydrogen-bond donors (Lipinski definition) is 2. The topological polar surface area (TPSA) is 41.1 Å². The van der Waals surface area contributed by atoms with Gasteiger partial charge in [0.15, 0.2) is 0 Å². The lowest BCUT2D eigenvalue weighted by Gasteiger charge is -2.25. The van der Waals surface area contributed by atoms with Gasteiger partial charge in [-0.2, -0.15) is 0 Å². The predicted octanol–water partition coefficient (Wildman–Crippen LogP) is 2.40. The van der Waals surface area contributed by atoms with E-state index in [2.05, 4.69) is 34.9 Å². The lowest BCUT2D eigenvalue weighted by Crippen LogP contribution is -2.47. The third-order valence-electron chi connectivity index (χ3n) is 4.72. The zero-order chi connectivity index (χ0) is 13.8. The Balaban J connectivity index is 1.46. The van der Waals surface area contributed by atoms with Gasteiger partial charge in [0.05, 0.1) is 6.04 Å². The quantitative estimate of drug-likeness (QED) is 0.883. The van der Waals surface area contributed by atoms with Gasteiger partial charge in [-0.05, 0) is 29.9 Å². The number of nitrogens with one attached hydrogen (secondary N) is 2. The van der Waals surface area contributed by atoms with E-state index >= 15 is 0 Å². The highest BCUT2D eigenvalue weighted by Gasteiger charge is 2.23. The molecule has 3 nitrogen and oxygen atoms in total. The molecule has 0 aromatic heterocycles. The minimum atomic E-state index is -0.0616. The van der Waals surface area contributed by atoms with Gasteiger partial charge in [-0.3, -0.25) is 4.79 Å². The Morgan fingerprint density at radius 1 is 1.20 bits per heavy atom. The molecule has 0 spiro atoms. The van der Waals surface area contributed by atoms with Crippen LogP contribution in [0.3, 0.4) is 0 Å². The first-order chi connectivity index (χ1) is 9.83. The van der Waals surface area contributed by atoms with E-state index in [1.165, 1.54) is 36.8 Å². The maximum absolute atomic E-state index is 12.2. The Hall–Kier alpha value is -1.35. The van der Waals surface area contributed by atoms with Crippen LogP contribution in [0.5, 0.6) is 0 Å². The maximum atomic E-state index is 12.2. The second-order valence-corrected chi connectivity index (χ2v) is 6.14. The molecular formula is C17H24N2O. The Kier molecular flexibility index (Phi) is 4.36. The lowest BCUT2D eigenvalue weighted by atomic mass is 9.95. The Bertz CT molecular complexity index is 466. The smallest absolute Gasteiger partial charge is 0.237 e. The first kappa shape index (κ1) is 13.6. The number of carbonyl (C=O) groups is 1. The van der Waals surface area contributed by atoms with E-state index in [0.29, 0.717) is 0 Å². The van der Waals surface area contributed by atoms with Crippen molar-refractivity contribution >= 4 is 5.91 Å². The first-order valence-electron chi connectivity index (χ1n) is 7.91. The summed E-state index contributed by atoms with van der Waals surface area (Å²) in [7, 11) is 0. The van der Waals surface area contributed by atoms with Gasteiger partial charge in [0, 0.05) is 13.1 Å². The molecule has 0 unspecified atom stereocenters. The zero-order valence-corrected chi connectivity index (χ0v) is 12.0. The van der Waals surface area contributed by atoms with Crippen molar-refractivity contribution in [3.63, 3.8) is 0 Å². The van der Waals surface area contributed by atoms with Crippen LogP contribution in [0.4, 0.5) is 0 Å². The molecule has 1 aliphatic heterocycles. The normalized spacial score (nSPS) is 22.5. The third kappa shape index (κ3) is 3.21. The van der Waals surface area contributed by atoms with Crippen molar-refractivity contribution in [2.24, 2.45) is 5.92 Å². The van der Waals surface area contributed by atoms with Crippen LogP contribution in [-0.4, -0.2) is 18.5 Å². The molecule has 1 aromatic carbocycles. The molecule has 1 heterocycles. The largest absolute Gasteiger partial charge is 0.355 e. The third-order valence-corrected chi connectivity index (χ3v) is 4.72. The SMILES string of the molecule is O=C(NCCC1CCCC1)[C@@H]1Cc2ccccc2CN1. The van der Waals surface area contributed by atoms with Gasteiger partial charge in [0.2, 0.25) is 5.91 Å². The summed E-state index contributed by atoms with van der Waals surface area (Å²) in [6, 6.07) is 8.32. The molecule has 1 aliphatic carbocycles. The summed E-state index contributed by atoms with van der Waals surface area (Å²) in [6.45, 7) is 1.64. The van der Waals surface area contributed by atoms with Gasteiger partial charge in [-0.25, -0.2) is 0 Å². The number of fused-ring (bicyclic) bond motifs is 1. The molecule has 1 saturated carbocycles. The zero-order valence-electron chi connectivity index (χ0n) is 12.0. The number of benzene rings is 1. The van der Waals surface area contributed by atoms with Gasteiger partial charge >= 0.3 is 0 Å². The highest BCUT2D eigenvalue weighted by molar-refractivity contribution is 5.82. The van der Waals surface area contributed by atoms with Gasteiger partial charge in [0.1, 0.15) is 0 Å². The summed E-state index contributed by atoms with van der Waals surface area (Å²) in [5, 5.41) is 6.45. The Morgan fingerprint density at radius 3 is 2.75 bits per heavy atom. The van der Waals surface area contributed by atoms with Crippen LogP contribution in [0, 0.1) is 5.92 Å². The molecule has 2 N–H and O–H groups in total. The minimum Gasteiger partial charge on any atom is -0.355 e. The van der Waals surface area contributed by atoms with Crippen molar-refractivity contribution in [2.75, 3.05) is 6.54 Å². The average molecular weight is 272 g/mol. The summed E-state index contributed by atoms with van der Waals surface area (Å²) in [4.78, 5) is 12.2. The number of rotatable bonds is 4. The Morgan fingerprint density at radius 2 is 1.95 bits per heavy atom. The maximum Gasteiger partial charge on any atom is 0.237 e. The van der Waals surface area contributed by atoms with Crippen LogP contribution in [0.25, 0.3) is 0 Å². The number of hydrogen-bond acceptors (Lipinski definition) is 2. The van der Waals surface area contributed by atoms with Crippen LogP contribution < -0.4 is 10.6 Å². The van der Waals surface area contributed by atoms with Crippen molar-refractivity contribution in [3.05, 3.63) is 35.4 Å². The molecule has 1 fully saturated rings. The van der Waals surface area contributed by atoms with Gasteiger partial charge in [0.25, 0.3) is 0 Å². The number of amides is 1. The van der Waals surface area contributed by atoms with Crippen LogP contribution in [-0.2, 0) is 17.8 Å². The fourth-order valence-electron chi connectivity index (χ4n) is 3.46. The van der Waals surface area contributed by atoms with Crippen LogP contribution in [0.2, 0.25) is 0 Å². The van der Waals surface area contributed by atoms with E-state index in [-0.39, 0.29) is 11.9 Å². The summed E-state index contributed by atoms with van der Waals surface area (Å²) in [6.07, 6.45) is 7.41. The molecule has 0 radical (unpaired) electrons. The number of carbonyl (C=O) groups excluding carboxylic acids is 1. The molecule has 1 amide bonds. The average Bonchev–Trinajstić information content (AvgIpc) is 3.00. The van der Waals surface area contributed by atoms with Crippen molar-refractivity contribution in [1.29, 1.82) is 0 Å². The molecule has 1 aromatic rings. The second-order valence-electron chi connectivity index (χ2n) is 6.14. The van der Waals surface area contributed by atoms with Gasteiger partial charge in [-0.15, -0.1) is 0 Å².